The number of nitrogens with zero attached hydrogens (tertiary/aromatic N) is 3. The number of ether oxygens (including phenoxy) is 1. The minimum absolute atomic E-state index is 0.258. The SMILES string of the molecule is Cc1ccc(C)c(NC(=O)c2ccc(NCCN3CCOCC3)nn2)c1. The molecule has 138 valence electrons. The Labute approximate surface area is 153 Å². The smallest absolute Gasteiger partial charge is 0.276 e. The van der Waals surface area contributed by atoms with Gasteiger partial charge in [0.1, 0.15) is 5.82 Å². The maximum atomic E-state index is 12.4. The van der Waals surface area contributed by atoms with Crippen LogP contribution in [0, 0.1) is 13.8 Å². The average molecular weight is 355 g/mol. The molecular formula is C19H25N5O2. The second-order valence-electron chi connectivity index (χ2n) is 6.46. The fraction of sp³-hybridized carbons (Fsp3) is 0.421. The zero-order chi connectivity index (χ0) is 18.4. The van der Waals surface area contributed by atoms with E-state index in [0.717, 1.165) is 56.2 Å². The lowest BCUT2D eigenvalue weighted by atomic mass is 10.1. The van der Waals surface area contributed by atoms with Crippen LogP contribution in [0.25, 0.3) is 0 Å². The summed E-state index contributed by atoms with van der Waals surface area (Å²) in [7, 11) is 0. The van der Waals surface area contributed by atoms with Crippen LogP contribution in [0.1, 0.15) is 21.6 Å². The number of morpholine rings is 1. The van der Waals surface area contributed by atoms with Crippen LogP contribution in [-0.2, 0) is 4.74 Å². The predicted octanol–water partition coefficient (Wildman–Crippen LogP) is 2.09. The maximum absolute atomic E-state index is 12.4. The number of rotatable bonds is 6. The van der Waals surface area contributed by atoms with Crippen molar-refractivity contribution in [3.8, 4) is 0 Å². The predicted molar refractivity (Wildman–Crippen MR) is 102 cm³/mol. The first-order valence-corrected chi connectivity index (χ1v) is 8.88. The molecule has 26 heavy (non-hydrogen) atoms. The number of carbonyl (C=O) groups excluding carboxylic acids is 1. The molecule has 7 nitrogen and oxygen atoms in total. The fourth-order valence-corrected chi connectivity index (χ4v) is 2.77. The number of aryl methyl sites for hydroxylation is 2. The maximum Gasteiger partial charge on any atom is 0.276 e. The van der Waals surface area contributed by atoms with Gasteiger partial charge in [-0.25, -0.2) is 0 Å². The zero-order valence-electron chi connectivity index (χ0n) is 15.3. The molecule has 2 aromatic rings. The van der Waals surface area contributed by atoms with Gasteiger partial charge in [0.05, 0.1) is 13.2 Å². The number of amides is 1. The summed E-state index contributed by atoms with van der Waals surface area (Å²) in [4.78, 5) is 14.7. The monoisotopic (exact) mass is 355 g/mol. The molecule has 2 N–H and O–H groups in total. The molecule has 7 heteroatoms. The Balaban J connectivity index is 1.51. The van der Waals surface area contributed by atoms with Crippen molar-refractivity contribution < 1.29 is 9.53 Å². The van der Waals surface area contributed by atoms with Crippen molar-refractivity contribution in [2.75, 3.05) is 50.0 Å². The van der Waals surface area contributed by atoms with E-state index in [1.54, 1.807) is 12.1 Å². The van der Waals surface area contributed by atoms with Crippen molar-refractivity contribution in [2.24, 2.45) is 0 Å². The quantitative estimate of drug-likeness (QED) is 0.826. The second kappa shape index (κ2) is 8.73. The molecule has 0 saturated carbocycles. The van der Waals surface area contributed by atoms with Gasteiger partial charge < -0.3 is 15.4 Å². The molecule has 1 aliphatic heterocycles. The summed E-state index contributed by atoms with van der Waals surface area (Å²) in [6.45, 7) is 9.18. The van der Waals surface area contributed by atoms with Crippen LogP contribution in [-0.4, -0.2) is 60.4 Å². The Bertz CT molecular complexity index is 742. The van der Waals surface area contributed by atoms with Gasteiger partial charge in [0.15, 0.2) is 5.69 Å². The summed E-state index contributed by atoms with van der Waals surface area (Å²) in [5.74, 6) is 0.410. The highest BCUT2D eigenvalue weighted by Gasteiger charge is 2.11. The van der Waals surface area contributed by atoms with Gasteiger partial charge in [0, 0.05) is 31.9 Å². The van der Waals surface area contributed by atoms with Crippen LogP contribution in [0.4, 0.5) is 11.5 Å². The van der Waals surface area contributed by atoms with Crippen molar-refractivity contribution >= 4 is 17.4 Å². The molecule has 1 fully saturated rings. The van der Waals surface area contributed by atoms with Crippen LogP contribution < -0.4 is 10.6 Å². The zero-order valence-corrected chi connectivity index (χ0v) is 15.3. The van der Waals surface area contributed by atoms with E-state index >= 15 is 0 Å². The van der Waals surface area contributed by atoms with E-state index in [9.17, 15) is 4.79 Å². The third kappa shape index (κ3) is 5.00. The molecule has 0 bridgehead atoms. The third-order valence-electron chi connectivity index (χ3n) is 4.38. The summed E-state index contributed by atoms with van der Waals surface area (Å²) in [6.07, 6.45) is 0. The molecular weight excluding hydrogens is 330 g/mol. The lowest BCUT2D eigenvalue weighted by molar-refractivity contribution is 0.0398. The molecule has 0 spiro atoms. The number of benzene rings is 1. The minimum Gasteiger partial charge on any atom is -0.379 e. The van der Waals surface area contributed by atoms with Gasteiger partial charge >= 0.3 is 0 Å². The Hall–Kier alpha value is -2.51. The largest absolute Gasteiger partial charge is 0.379 e. The van der Waals surface area contributed by atoms with Gasteiger partial charge in [-0.05, 0) is 43.2 Å². The van der Waals surface area contributed by atoms with Crippen LogP contribution in [0.2, 0.25) is 0 Å². The number of anilines is 2. The lowest BCUT2D eigenvalue weighted by Gasteiger charge is -2.26. The normalized spacial score (nSPS) is 14.8. The highest BCUT2D eigenvalue weighted by Crippen LogP contribution is 2.17. The Morgan fingerprint density at radius 1 is 1.15 bits per heavy atom. The first kappa shape index (κ1) is 18.3. The molecule has 1 aromatic carbocycles. The topological polar surface area (TPSA) is 79.4 Å². The van der Waals surface area contributed by atoms with Crippen LogP contribution in [0.3, 0.4) is 0 Å². The van der Waals surface area contributed by atoms with Crippen LogP contribution >= 0.6 is 0 Å². The molecule has 1 aromatic heterocycles. The summed E-state index contributed by atoms with van der Waals surface area (Å²) in [5, 5.41) is 14.3. The number of nitrogens with one attached hydrogen (secondary N) is 2. The van der Waals surface area contributed by atoms with Crippen molar-refractivity contribution in [3.63, 3.8) is 0 Å². The van der Waals surface area contributed by atoms with Gasteiger partial charge in [-0.2, -0.15) is 0 Å². The number of hydrogen-bond acceptors (Lipinski definition) is 6. The molecule has 0 unspecified atom stereocenters. The van der Waals surface area contributed by atoms with Gasteiger partial charge in [0.25, 0.3) is 5.91 Å². The van der Waals surface area contributed by atoms with E-state index in [4.69, 9.17) is 4.74 Å². The van der Waals surface area contributed by atoms with E-state index in [0.29, 0.717) is 11.5 Å². The molecule has 1 aliphatic rings. The Morgan fingerprint density at radius 2 is 1.96 bits per heavy atom. The summed E-state index contributed by atoms with van der Waals surface area (Å²) >= 11 is 0. The number of aromatic nitrogens is 2. The summed E-state index contributed by atoms with van der Waals surface area (Å²) < 4.78 is 5.33. The Morgan fingerprint density at radius 3 is 2.69 bits per heavy atom. The van der Waals surface area contributed by atoms with Gasteiger partial charge in [0.2, 0.25) is 0 Å². The van der Waals surface area contributed by atoms with Crippen molar-refractivity contribution in [1.29, 1.82) is 0 Å². The molecule has 0 atom stereocenters. The fourth-order valence-electron chi connectivity index (χ4n) is 2.77. The van der Waals surface area contributed by atoms with Crippen LogP contribution in [0.15, 0.2) is 30.3 Å². The minimum atomic E-state index is -0.258. The van der Waals surface area contributed by atoms with Crippen molar-refractivity contribution in [2.45, 2.75) is 13.8 Å². The lowest BCUT2D eigenvalue weighted by Crippen LogP contribution is -2.39. The van der Waals surface area contributed by atoms with E-state index in [-0.39, 0.29) is 5.91 Å². The second-order valence-corrected chi connectivity index (χ2v) is 6.46. The summed E-state index contributed by atoms with van der Waals surface area (Å²) in [5.41, 5.74) is 3.20. The van der Waals surface area contributed by atoms with E-state index in [1.807, 2.05) is 32.0 Å². The van der Waals surface area contributed by atoms with E-state index < -0.39 is 0 Å². The van der Waals surface area contributed by atoms with Gasteiger partial charge in [-0.3, -0.25) is 9.69 Å². The molecule has 3 rings (SSSR count). The first-order valence-electron chi connectivity index (χ1n) is 8.88. The molecule has 2 heterocycles. The van der Waals surface area contributed by atoms with Gasteiger partial charge in [-0.1, -0.05) is 12.1 Å². The molecule has 0 radical (unpaired) electrons. The molecule has 0 aliphatic carbocycles. The standard InChI is InChI=1S/C19H25N5O2/c1-14-3-4-15(2)17(13-14)21-19(25)16-5-6-18(23-22-16)20-7-8-24-9-11-26-12-10-24/h3-6,13H,7-12H2,1-2H3,(H,20,23)(H,21,25). The summed E-state index contributed by atoms with van der Waals surface area (Å²) in [6, 6.07) is 9.41. The highest BCUT2D eigenvalue weighted by molar-refractivity contribution is 6.03. The number of carbonyl (C=O) groups is 1. The molecule has 1 saturated heterocycles. The van der Waals surface area contributed by atoms with Crippen LogP contribution in [0.5, 0.6) is 0 Å². The van der Waals surface area contributed by atoms with Gasteiger partial charge in [-0.15, -0.1) is 10.2 Å². The molecule has 1 amide bonds. The van der Waals surface area contributed by atoms with E-state index in [1.165, 1.54) is 0 Å². The Kier molecular flexibility index (Phi) is 6.14. The van der Waals surface area contributed by atoms with Crippen molar-refractivity contribution in [1.82, 2.24) is 15.1 Å². The third-order valence-corrected chi connectivity index (χ3v) is 4.38. The average Bonchev–Trinajstić information content (AvgIpc) is 2.66. The van der Waals surface area contributed by atoms with E-state index in [2.05, 4.69) is 25.7 Å². The first-order chi connectivity index (χ1) is 12.6. The highest BCUT2D eigenvalue weighted by atomic mass is 16.5. The van der Waals surface area contributed by atoms with Crippen molar-refractivity contribution in [3.05, 3.63) is 47.2 Å². The number of hydrogen-bond donors (Lipinski definition) is 2.